The lowest BCUT2D eigenvalue weighted by molar-refractivity contribution is -0.142. The van der Waals surface area contributed by atoms with Crippen molar-refractivity contribution in [1.29, 1.82) is 0 Å². The maximum absolute atomic E-state index is 15.0. The van der Waals surface area contributed by atoms with Gasteiger partial charge in [-0.05, 0) is 86.4 Å². The first-order valence-electron chi connectivity index (χ1n) is 17.1. The van der Waals surface area contributed by atoms with E-state index >= 15 is 0 Å². The number of aromatic hydroxyl groups is 1. The fraction of sp³-hybridized carbons (Fsp3) is 0.368. The number of phenols is 1. The summed E-state index contributed by atoms with van der Waals surface area (Å²) < 4.78 is 2.54. The number of allylic oxidation sites excluding steroid dienone is 2. The van der Waals surface area contributed by atoms with Gasteiger partial charge in [-0.15, -0.1) is 11.3 Å². The Bertz CT molecular complexity index is 2300. The van der Waals surface area contributed by atoms with Gasteiger partial charge in [-0.25, -0.2) is 4.90 Å². The number of aryl methyl sites for hydroxylation is 2. The van der Waals surface area contributed by atoms with Crippen molar-refractivity contribution in [2.24, 2.45) is 36.1 Å². The Kier molecular flexibility index (Phi) is 8.16. The molecule has 2 saturated heterocycles. The highest BCUT2D eigenvalue weighted by Crippen LogP contribution is 2.64. The SMILES string of the molecule is Cc1c(-c2cc(N3C(=O)[C@@H]4C[C@@H]5C(=CC[C@@H]6C(=O)N(CCCC(=O)O)C(=O)[C@@H]65)[C@H](c5cc(Cl)ccc5O)[C@]4(C)C3=O)n(C)n2)sc2ccc(Cl)cc12. The second-order valence-electron chi connectivity index (χ2n) is 14.4. The first kappa shape index (κ1) is 34.6. The van der Waals surface area contributed by atoms with Crippen molar-refractivity contribution in [3.05, 3.63) is 75.3 Å². The second-order valence-corrected chi connectivity index (χ2v) is 16.3. The number of carboxylic acids is 1. The molecule has 4 amide bonds. The van der Waals surface area contributed by atoms with E-state index in [1.54, 1.807) is 26.1 Å². The van der Waals surface area contributed by atoms with Crippen molar-refractivity contribution < 1.29 is 34.2 Å². The molecule has 1 saturated carbocycles. The Hall–Kier alpha value is -4.52. The van der Waals surface area contributed by atoms with Gasteiger partial charge in [0, 0.05) is 52.3 Å². The van der Waals surface area contributed by atoms with Gasteiger partial charge in [-0.2, -0.15) is 5.10 Å². The summed E-state index contributed by atoms with van der Waals surface area (Å²) in [7, 11) is 1.68. The first-order chi connectivity index (χ1) is 24.7. The Morgan fingerprint density at radius 1 is 1.02 bits per heavy atom. The number of amides is 4. The molecule has 4 heterocycles. The van der Waals surface area contributed by atoms with E-state index in [9.17, 15) is 29.1 Å². The monoisotopic (exact) mass is 760 g/mol. The zero-order chi connectivity index (χ0) is 37.0. The molecule has 2 aromatic heterocycles. The third kappa shape index (κ3) is 4.98. The van der Waals surface area contributed by atoms with Crippen molar-refractivity contribution in [2.75, 3.05) is 11.4 Å². The molecule has 2 aliphatic heterocycles. The number of anilines is 1. The van der Waals surface area contributed by atoms with Crippen LogP contribution in [0.4, 0.5) is 5.82 Å². The summed E-state index contributed by atoms with van der Waals surface area (Å²) in [6.07, 6.45) is 2.19. The van der Waals surface area contributed by atoms with Crippen molar-refractivity contribution in [3.8, 4) is 16.3 Å². The van der Waals surface area contributed by atoms with Crippen LogP contribution in [0.1, 0.15) is 49.7 Å². The topological polar surface area (TPSA) is 150 Å². The summed E-state index contributed by atoms with van der Waals surface area (Å²) in [6, 6.07) is 12.0. The summed E-state index contributed by atoms with van der Waals surface area (Å²) in [5.41, 5.74) is 1.24. The summed E-state index contributed by atoms with van der Waals surface area (Å²) in [5, 5.41) is 27.1. The predicted octanol–water partition coefficient (Wildman–Crippen LogP) is 6.72. The molecule has 268 valence electrons. The molecule has 11 nitrogen and oxygen atoms in total. The van der Waals surface area contributed by atoms with Gasteiger partial charge in [-0.3, -0.25) is 33.6 Å². The lowest BCUT2D eigenvalue weighted by Gasteiger charge is -2.49. The average Bonchev–Trinajstić information content (AvgIpc) is 3.76. The number of halogens is 2. The Morgan fingerprint density at radius 3 is 2.50 bits per heavy atom. The van der Waals surface area contributed by atoms with E-state index in [0.717, 1.165) is 25.4 Å². The molecular weight excluding hydrogens is 727 g/mol. The molecular formula is C38H34Cl2N4O7S. The zero-order valence-electron chi connectivity index (χ0n) is 28.4. The number of aliphatic carboxylic acids is 1. The maximum atomic E-state index is 15.0. The molecule has 8 rings (SSSR count). The minimum atomic E-state index is -1.39. The highest BCUT2D eigenvalue weighted by Gasteiger charge is 2.68. The number of carbonyl (C=O) groups is 5. The molecule has 14 heteroatoms. The number of phenolic OH excluding ortho intramolecular Hbond substituents is 1. The number of rotatable bonds is 7. The van der Waals surface area contributed by atoms with Crippen LogP contribution in [0.15, 0.2) is 54.1 Å². The number of aromatic nitrogens is 2. The number of hydrogen-bond donors (Lipinski definition) is 2. The van der Waals surface area contributed by atoms with Gasteiger partial charge in [0.2, 0.25) is 23.6 Å². The van der Waals surface area contributed by atoms with Gasteiger partial charge in [0.15, 0.2) is 0 Å². The summed E-state index contributed by atoms with van der Waals surface area (Å²) in [4.78, 5) is 71.7. The average molecular weight is 762 g/mol. The highest BCUT2D eigenvalue weighted by molar-refractivity contribution is 7.22. The van der Waals surface area contributed by atoms with Crippen LogP contribution in [-0.2, 0) is 31.0 Å². The summed E-state index contributed by atoms with van der Waals surface area (Å²) in [6.45, 7) is 3.70. The zero-order valence-corrected chi connectivity index (χ0v) is 30.8. The van der Waals surface area contributed by atoms with Crippen LogP contribution in [0.2, 0.25) is 10.0 Å². The number of benzene rings is 2. The standard InChI is InChI=1S/C38H34Cl2N4O7S/c1-17-22-13-19(40)7-11-28(22)52-33(17)26-16-29(42(3)41-26)44-35(49)25-15-23-20(32(38(25,2)37(44)51)24-14-18(39)6-10-27(24)45)8-9-21-31(23)36(50)43(34(21)48)12-4-5-30(46)47/h6-8,10-11,13-14,16,21,23,25,31-32,45H,4-5,9,12,15H2,1-3H3,(H,46,47)/t21-,23+,25-,31-,32+,38+/m0/s1. The number of imide groups is 2. The molecule has 4 aromatic rings. The van der Waals surface area contributed by atoms with Crippen molar-refractivity contribution >= 4 is 80.0 Å². The number of fused-ring (bicyclic) bond motifs is 5. The second kappa shape index (κ2) is 12.3. The first-order valence-corrected chi connectivity index (χ1v) is 18.7. The van der Waals surface area contributed by atoms with Crippen LogP contribution in [0.5, 0.6) is 5.75 Å². The highest BCUT2D eigenvalue weighted by atomic mass is 35.5. The van der Waals surface area contributed by atoms with E-state index in [4.69, 9.17) is 33.4 Å². The minimum Gasteiger partial charge on any atom is -0.508 e. The third-order valence-corrected chi connectivity index (χ3v) is 13.4. The van der Waals surface area contributed by atoms with Gasteiger partial charge in [0.25, 0.3) is 0 Å². The normalized spacial score (nSPS) is 26.9. The van der Waals surface area contributed by atoms with Crippen molar-refractivity contribution in [1.82, 2.24) is 14.7 Å². The van der Waals surface area contributed by atoms with E-state index in [2.05, 4.69) is 0 Å². The number of thiophene rings is 1. The van der Waals surface area contributed by atoms with E-state index in [0.29, 0.717) is 26.9 Å². The van der Waals surface area contributed by atoms with Gasteiger partial charge in [-0.1, -0.05) is 34.9 Å². The number of carbonyl (C=O) groups excluding carboxylic acids is 4. The van der Waals surface area contributed by atoms with E-state index < -0.39 is 58.7 Å². The molecule has 52 heavy (non-hydrogen) atoms. The molecule has 2 aromatic carbocycles. The van der Waals surface area contributed by atoms with Gasteiger partial charge in [0.05, 0.1) is 28.0 Å². The van der Waals surface area contributed by atoms with Crippen LogP contribution in [0.25, 0.3) is 20.7 Å². The Balaban J connectivity index is 1.22. The maximum Gasteiger partial charge on any atom is 0.303 e. The molecule has 6 atom stereocenters. The Labute approximate surface area is 312 Å². The van der Waals surface area contributed by atoms with Crippen LogP contribution in [-0.4, -0.2) is 61.0 Å². The number of nitrogens with zero attached hydrogens (tertiary/aromatic N) is 4. The fourth-order valence-corrected chi connectivity index (χ4v) is 10.7. The van der Waals surface area contributed by atoms with Crippen LogP contribution in [0.3, 0.4) is 0 Å². The summed E-state index contributed by atoms with van der Waals surface area (Å²) in [5.74, 6) is -6.34. The lowest BCUT2D eigenvalue weighted by Crippen LogP contribution is -2.49. The molecule has 2 N–H and O–H groups in total. The van der Waals surface area contributed by atoms with Gasteiger partial charge < -0.3 is 10.2 Å². The lowest BCUT2D eigenvalue weighted by atomic mass is 9.51. The van der Waals surface area contributed by atoms with Gasteiger partial charge in [0.1, 0.15) is 17.3 Å². The van der Waals surface area contributed by atoms with E-state index in [1.807, 2.05) is 31.2 Å². The van der Waals surface area contributed by atoms with Gasteiger partial charge >= 0.3 is 5.97 Å². The third-order valence-electron chi connectivity index (χ3n) is 11.7. The van der Waals surface area contributed by atoms with E-state index in [1.165, 1.54) is 33.1 Å². The number of likely N-dealkylation sites (tertiary alicyclic amines) is 1. The van der Waals surface area contributed by atoms with Crippen molar-refractivity contribution in [3.63, 3.8) is 0 Å². The minimum absolute atomic E-state index is 0.0149. The smallest absolute Gasteiger partial charge is 0.303 e. The molecule has 2 aliphatic carbocycles. The molecule has 0 bridgehead atoms. The fourth-order valence-electron chi connectivity index (χ4n) is 9.22. The molecule has 3 fully saturated rings. The number of carboxylic acid groups (broad SMARTS) is 1. The molecule has 0 radical (unpaired) electrons. The molecule has 4 aliphatic rings. The van der Waals surface area contributed by atoms with Crippen molar-refractivity contribution in [2.45, 2.75) is 45.4 Å². The largest absolute Gasteiger partial charge is 0.508 e. The summed E-state index contributed by atoms with van der Waals surface area (Å²) >= 11 is 14.3. The Morgan fingerprint density at radius 2 is 1.75 bits per heavy atom. The van der Waals surface area contributed by atoms with Crippen LogP contribution >= 0.6 is 34.5 Å². The quantitative estimate of drug-likeness (QED) is 0.156. The van der Waals surface area contributed by atoms with E-state index in [-0.39, 0.29) is 49.7 Å². The van der Waals surface area contributed by atoms with Crippen LogP contribution < -0.4 is 4.90 Å². The van der Waals surface area contributed by atoms with Crippen LogP contribution in [0, 0.1) is 36.0 Å². The predicted molar refractivity (Wildman–Crippen MR) is 195 cm³/mol. The molecule has 0 unspecified atom stereocenters. The molecule has 0 spiro atoms. The number of hydrogen-bond acceptors (Lipinski definition) is 8.